The first-order valence-corrected chi connectivity index (χ1v) is 7.43. The molecule has 0 aromatic carbocycles. The number of hydrogen-bond acceptors (Lipinski definition) is 2. The highest BCUT2D eigenvalue weighted by atomic mass is 79.9. The third-order valence-electron chi connectivity index (χ3n) is 3.24. The zero-order valence-corrected chi connectivity index (χ0v) is 13.1. The Bertz CT molecular complexity index is 392. The van der Waals surface area contributed by atoms with Crippen LogP contribution in [0.3, 0.4) is 0 Å². The zero-order chi connectivity index (χ0) is 13.8. The maximum atomic E-state index is 14.6. The van der Waals surface area contributed by atoms with Gasteiger partial charge in [0.1, 0.15) is 5.67 Å². The average Bonchev–Trinajstić information content (AvgIpc) is 2.66. The molecule has 0 spiro atoms. The first kappa shape index (κ1) is 15.6. The first-order valence-electron chi connectivity index (χ1n) is 6.64. The summed E-state index contributed by atoms with van der Waals surface area (Å²) >= 11 is 3.55. The molecule has 0 saturated carbocycles. The van der Waals surface area contributed by atoms with Gasteiger partial charge in [0.25, 0.3) is 0 Å². The number of halogens is 2. The second kappa shape index (κ2) is 6.66. The van der Waals surface area contributed by atoms with Crippen molar-refractivity contribution in [3.63, 3.8) is 0 Å². The summed E-state index contributed by atoms with van der Waals surface area (Å²) in [5, 5.41) is 4.49. The van der Waals surface area contributed by atoms with Crippen LogP contribution in [0.25, 0.3) is 0 Å². The van der Waals surface area contributed by atoms with Gasteiger partial charge in [0.2, 0.25) is 0 Å². The number of nitrogens with two attached hydrogens (primary N) is 1. The summed E-state index contributed by atoms with van der Waals surface area (Å²) in [5.41, 5.74) is 6.19. The van der Waals surface area contributed by atoms with E-state index in [0.29, 0.717) is 12.8 Å². The van der Waals surface area contributed by atoms with Crippen molar-refractivity contribution in [3.05, 3.63) is 15.9 Å². The van der Waals surface area contributed by atoms with Crippen molar-refractivity contribution in [2.75, 3.05) is 6.54 Å². The number of rotatable bonds is 7. The molecule has 0 saturated heterocycles. The fourth-order valence-electron chi connectivity index (χ4n) is 2.20. The molecule has 1 aromatic rings. The van der Waals surface area contributed by atoms with Gasteiger partial charge < -0.3 is 5.73 Å². The van der Waals surface area contributed by atoms with Crippen molar-refractivity contribution < 1.29 is 4.39 Å². The van der Waals surface area contributed by atoms with Gasteiger partial charge in [0, 0.05) is 19.5 Å². The van der Waals surface area contributed by atoms with E-state index in [1.807, 2.05) is 18.5 Å². The van der Waals surface area contributed by atoms with E-state index in [1.165, 1.54) is 0 Å². The summed E-state index contributed by atoms with van der Waals surface area (Å²) < 4.78 is 17.5. The van der Waals surface area contributed by atoms with Crippen LogP contribution in [0.2, 0.25) is 0 Å². The van der Waals surface area contributed by atoms with Crippen LogP contribution in [0, 0.1) is 0 Å². The molecule has 0 radical (unpaired) electrons. The van der Waals surface area contributed by atoms with Gasteiger partial charge in [-0.1, -0.05) is 20.3 Å². The standard InChI is InChI=1S/C13H23BrFN3/c1-4-7-13(15,9-16)8-11-12(14)10(5-2)17-18(11)6-3/h4-9,16H2,1-3H3. The quantitative estimate of drug-likeness (QED) is 0.838. The Morgan fingerprint density at radius 1 is 1.39 bits per heavy atom. The Morgan fingerprint density at radius 3 is 2.50 bits per heavy atom. The van der Waals surface area contributed by atoms with Crippen molar-refractivity contribution in [1.29, 1.82) is 0 Å². The minimum atomic E-state index is -1.32. The molecular formula is C13H23BrFN3. The highest BCUT2D eigenvalue weighted by Gasteiger charge is 2.30. The van der Waals surface area contributed by atoms with E-state index in [1.54, 1.807) is 0 Å². The third-order valence-corrected chi connectivity index (χ3v) is 4.16. The van der Waals surface area contributed by atoms with Crippen molar-refractivity contribution in [2.45, 2.75) is 58.7 Å². The predicted octanol–water partition coefficient (Wildman–Crippen LogP) is 3.24. The molecule has 3 nitrogen and oxygen atoms in total. The molecule has 18 heavy (non-hydrogen) atoms. The number of nitrogens with zero attached hydrogens (tertiary/aromatic N) is 2. The van der Waals surface area contributed by atoms with E-state index in [9.17, 15) is 4.39 Å². The molecule has 1 heterocycles. The third kappa shape index (κ3) is 3.32. The molecule has 0 aliphatic heterocycles. The molecular weight excluding hydrogens is 297 g/mol. The molecule has 1 aromatic heterocycles. The van der Waals surface area contributed by atoms with Crippen LogP contribution < -0.4 is 5.73 Å². The van der Waals surface area contributed by atoms with E-state index in [4.69, 9.17) is 5.73 Å². The minimum absolute atomic E-state index is 0.0592. The molecule has 1 rings (SSSR count). The second-order valence-electron chi connectivity index (χ2n) is 4.66. The lowest BCUT2D eigenvalue weighted by molar-refractivity contribution is 0.154. The van der Waals surface area contributed by atoms with E-state index < -0.39 is 5.67 Å². The Labute approximate surface area is 117 Å². The topological polar surface area (TPSA) is 43.8 Å². The molecule has 5 heteroatoms. The summed E-state index contributed by atoms with van der Waals surface area (Å²) in [7, 11) is 0. The molecule has 0 aliphatic carbocycles. The van der Waals surface area contributed by atoms with Crippen LogP contribution in [0.15, 0.2) is 4.47 Å². The van der Waals surface area contributed by atoms with Gasteiger partial charge in [-0.15, -0.1) is 0 Å². The van der Waals surface area contributed by atoms with Crippen LogP contribution in [-0.2, 0) is 19.4 Å². The molecule has 0 fully saturated rings. The Kier molecular flexibility index (Phi) is 5.79. The van der Waals surface area contributed by atoms with E-state index in [2.05, 4.69) is 28.0 Å². The Balaban J connectivity index is 3.05. The number of aryl methyl sites for hydroxylation is 2. The van der Waals surface area contributed by atoms with Gasteiger partial charge in [-0.3, -0.25) is 4.68 Å². The van der Waals surface area contributed by atoms with Crippen LogP contribution in [0.5, 0.6) is 0 Å². The van der Waals surface area contributed by atoms with Crippen LogP contribution in [0.1, 0.15) is 45.0 Å². The second-order valence-corrected chi connectivity index (χ2v) is 5.45. The van der Waals surface area contributed by atoms with Gasteiger partial charge in [0.15, 0.2) is 0 Å². The molecule has 0 amide bonds. The maximum Gasteiger partial charge on any atom is 0.128 e. The largest absolute Gasteiger partial charge is 0.328 e. The summed E-state index contributed by atoms with van der Waals surface area (Å²) in [5.74, 6) is 0. The Hall–Kier alpha value is -0.420. The number of aromatic nitrogens is 2. The molecule has 1 atom stereocenters. The number of alkyl halides is 1. The lowest BCUT2D eigenvalue weighted by Gasteiger charge is -2.23. The van der Waals surface area contributed by atoms with Gasteiger partial charge in [0.05, 0.1) is 15.9 Å². The number of hydrogen-bond donors (Lipinski definition) is 1. The SMILES string of the molecule is CCCC(F)(CN)Cc1c(Br)c(CC)nn1CC. The molecule has 0 aliphatic rings. The Morgan fingerprint density at radius 2 is 2.06 bits per heavy atom. The molecule has 1 unspecified atom stereocenters. The minimum Gasteiger partial charge on any atom is -0.328 e. The van der Waals surface area contributed by atoms with Gasteiger partial charge in [-0.25, -0.2) is 4.39 Å². The van der Waals surface area contributed by atoms with Gasteiger partial charge >= 0.3 is 0 Å². The lowest BCUT2D eigenvalue weighted by Crippen LogP contribution is -2.36. The predicted molar refractivity (Wildman–Crippen MR) is 76.5 cm³/mol. The zero-order valence-electron chi connectivity index (χ0n) is 11.5. The molecule has 2 N–H and O–H groups in total. The summed E-state index contributed by atoms with van der Waals surface area (Å²) in [6.45, 7) is 6.86. The summed E-state index contributed by atoms with van der Waals surface area (Å²) in [6.07, 6.45) is 2.47. The maximum absolute atomic E-state index is 14.6. The summed E-state index contributed by atoms with van der Waals surface area (Å²) in [4.78, 5) is 0. The van der Waals surface area contributed by atoms with Crippen LogP contribution in [-0.4, -0.2) is 22.0 Å². The smallest absolute Gasteiger partial charge is 0.128 e. The highest BCUT2D eigenvalue weighted by molar-refractivity contribution is 9.10. The lowest BCUT2D eigenvalue weighted by atomic mass is 9.94. The van der Waals surface area contributed by atoms with E-state index in [0.717, 1.165) is 35.2 Å². The van der Waals surface area contributed by atoms with E-state index >= 15 is 0 Å². The molecule has 0 bridgehead atoms. The summed E-state index contributed by atoms with van der Waals surface area (Å²) in [6, 6.07) is 0. The monoisotopic (exact) mass is 319 g/mol. The molecule has 104 valence electrons. The fraction of sp³-hybridized carbons (Fsp3) is 0.769. The first-order chi connectivity index (χ1) is 8.51. The van der Waals surface area contributed by atoms with Crippen LogP contribution >= 0.6 is 15.9 Å². The van der Waals surface area contributed by atoms with Gasteiger partial charge in [-0.05, 0) is 35.7 Å². The normalized spacial score (nSPS) is 14.8. The van der Waals surface area contributed by atoms with Crippen molar-refractivity contribution in [3.8, 4) is 0 Å². The van der Waals surface area contributed by atoms with Crippen molar-refractivity contribution in [1.82, 2.24) is 9.78 Å². The van der Waals surface area contributed by atoms with Crippen molar-refractivity contribution in [2.24, 2.45) is 5.73 Å². The fourth-order valence-corrected chi connectivity index (χ4v) is 2.90. The van der Waals surface area contributed by atoms with Gasteiger partial charge in [-0.2, -0.15) is 5.10 Å². The van der Waals surface area contributed by atoms with Crippen LogP contribution in [0.4, 0.5) is 4.39 Å². The van der Waals surface area contributed by atoms with Crippen molar-refractivity contribution >= 4 is 15.9 Å². The average molecular weight is 320 g/mol. The van der Waals surface area contributed by atoms with E-state index in [-0.39, 0.29) is 6.54 Å². The highest BCUT2D eigenvalue weighted by Crippen LogP contribution is 2.29.